The molecule has 8 nitrogen and oxygen atoms in total. The predicted octanol–water partition coefficient (Wildman–Crippen LogP) is 4.46. The molecule has 0 aliphatic heterocycles. The SMILES string of the molecule is Cc1ccc(OCC(=O)Nc2ccc(-c3nc4ccccc4[nH]3)cc2)c([N+](=O)[O-])c1. The summed E-state index contributed by atoms with van der Waals surface area (Å²) in [6.45, 7) is 1.41. The monoisotopic (exact) mass is 402 g/mol. The quantitative estimate of drug-likeness (QED) is 0.365. The number of hydrogen-bond donors (Lipinski definition) is 2. The number of hydrogen-bond acceptors (Lipinski definition) is 5. The van der Waals surface area contributed by atoms with E-state index in [1.165, 1.54) is 12.1 Å². The molecule has 4 rings (SSSR count). The fourth-order valence-corrected chi connectivity index (χ4v) is 3.03. The van der Waals surface area contributed by atoms with Crippen LogP contribution in [0.2, 0.25) is 0 Å². The molecule has 30 heavy (non-hydrogen) atoms. The van der Waals surface area contributed by atoms with Crippen molar-refractivity contribution in [3.05, 3.63) is 82.4 Å². The predicted molar refractivity (Wildman–Crippen MR) is 113 cm³/mol. The van der Waals surface area contributed by atoms with Crippen LogP contribution in [0.1, 0.15) is 5.56 Å². The van der Waals surface area contributed by atoms with E-state index in [4.69, 9.17) is 4.74 Å². The van der Waals surface area contributed by atoms with E-state index in [1.54, 1.807) is 25.1 Å². The van der Waals surface area contributed by atoms with Gasteiger partial charge in [0, 0.05) is 17.3 Å². The summed E-state index contributed by atoms with van der Waals surface area (Å²) in [5.41, 5.74) is 3.87. The minimum absolute atomic E-state index is 0.0565. The summed E-state index contributed by atoms with van der Waals surface area (Å²) in [6, 6.07) is 19.6. The van der Waals surface area contributed by atoms with Gasteiger partial charge in [0.05, 0.1) is 16.0 Å². The van der Waals surface area contributed by atoms with E-state index in [0.29, 0.717) is 5.69 Å². The van der Waals surface area contributed by atoms with Crippen molar-refractivity contribution in [2.75, 3.05) is 11.9 Å². The molecule has 0 aliphatic carbocycles. The molecule has 1 aromatic heterocycles. The number of para-hydroxylation sites is 2. The average molecular weight is 402 g/mol. The molecule has 0 unspecified atom stereocenters. The Bertz CT molecular complexity index is 1200. The standard InChI is InChI=1S/C22H18N4O4/c1-14-6-11-20(19(12-14)26(28)29)30-13-21(27)23-16-9-7-15(8-10-16)22-24-17-4-2-3-5-18(17)25-22/h2-12H,13H2,1H3,(H,23,27)(H,24,25). The van der Waals surface area contributed by atoms with Gasteiger partial charge in [-0.25, -0.2) is 4.98 Å². The van der Waals surface area contributed by atoms with Crippen LogP contribution in [-0.4, -0.2) is 27.4 Å². The van der Waals surface area contributed by atoms with Gasteiger partial charge in [-0.15, -0.1) is 0 Å². The number of carbonyl (C=O) groups excluding carboxylic acids is 1. The Labute approximate surface area is 171 Å². The van der Waals surface area contributed by atoms with Crippen LogP contribution in [-0.2, 0) is 4.79 Å². The fraction of sp³-hybridized carbons (Fsp3) is 0.0909. The third kappa shape index (κ3) is 4.12. The molecule has 2 N–H and O–H groups in total. The zero-order chi connectivity index (χ0) is 21.1. The highest BCUT2D eigenvalue weighted by Gasteiger charge is 2.16. The second-order valence-corrected chi connectivity index (χ2v) is 6.75. The third-order valence-electron chi connectivity index (χ3n) is 4.50. The number of imidazole rings is 1. The van der Waals surface area contributed by atoms with Crippen LogP contribution in [0.3, 0.4) is 0 Å². The molecule has 1 amide bonds. The van der Waals surface area contributed by atoms with Gasteiger partial charge in [-0.3, -0.25) is 14.9 Å². The molecule has 150 valence electrons. The van der Waals surface area contributed by atoms with E-state index in [2.05, 4.69) is 15.3 Å². The first-order valence-corrected chi connectivity index (χ1v) is 9.22. The van der Waals surface area contributed by atoms with Crippen molar-refractivity contribution in [2.45, 2.75) is 6.92 Å². The maximum atomic E-state index is 12.2. The smallest absolute Gasteiger partial charge is 0.311 e. The molecule has 0 aliphatic rings. The number of carbonyl (C=O) groups is 1. The normalized spacial score (nSPS) is 10.7. The van der Waals surface area contributed by atoms with Crippen molar-refractivity contribution in [1.82, 2.24) is 9.97 Å². The Morgan fingerprint density at radius 3 is 2.63 bits per heavy atom. The Kier molecular flexibility index (Phi) is 5.13. The Hall–Kier alpha value is -4.20. The van der Waals surface area contributed by atoms with Crippen molar-refractivity contribution in [2.24, 2.45) is 0 Å². The average Bonchev–Trinajstić information content (AvgIpc) is 3.17. The van der Waals surface area contributed by atoms with Gasteiger partial charge in [-0.1, -0.05) is 18.2 Å². The van der Waals surface area contributed by atoms with Crippen molar-refractivity contribution in [1.29, 1.82) is 0 Å². The van der Waals surface area contributed by atoms with Gasteiger partial charge < -0.3 is 15.0 Å². The van der Waals surface area contributed by atoms with Gasteiger partial charge in [-0.05, 0) is 55.0 Å². The fourth-order valence-electron chi connectivity index (χ4n) is 3.03. The first-order chi connectivity index (χ1) is 14.5. The van der Waals surface area contributed by atoms with Gasteiger partial charge in [0.2, 0.25) is 0 Å². The van der Waals surface area contributed by atoms with E-state index < -0.39 is 10.8 Å². The summed E-state index contributed by atoms with van der Waals surface area (Å²) >= 11 is 0. The van der Waals surface area contributed by atoms with Crippen molar-refractivity contribution >= 4 is 28.3 Å². The molecule has 3 aromatic carbocycles. The number of aryl methyl sites for hydroxylation is 1. The summed E-state index contributed by atoms with van der Waals surface area (Å²) < 4.78 is 5.35. The van der Waals surface area contributed by atoms with Crippen molar-refractivity contribution < 1.29 is 14.5 Å². The highest BCUT2D eigenvalue weighted by Crippen LogP contribution is 2.27. The first kappa shape index (κ1) is 19.1. The topological polar surface area (TPSA) is 110 Å². The molecule has 4 aromatic rings. The van der Waals surface area contributed by atoms with Gasteiger partial charge in [0.15, 0.2) is 12.4 Å². The number of ether oxygens (including phenoxy) is 1. The van der Waals surface area contributed by atoms with Crippen LogP contribution < -0.4 is 10.1 Å². The summed E-state index contributed by atoms with van der Waals surface area (Å²) in [7, 11) is 0. The zero-order valence-electron chi connectivity index (χ0n) is 16.1. The van der Waals surface area contributed by atoms with Gasteiger partial charge >= 0.3 is 5.69 Å². The number of nitro groups is 1. The third-order valence-corrected chi connectivity index (χ3v) is 4.50. The van der Waals surface area contributed by atoms with E-state index in [1.807, 2.05) is 36.4 Å². The molecular formula is C22H18N4O4. The molecule has 0 fully saturated rings. The van der Waals surface area contributed by atoms with Crippen LogP contribution in [0.5, 0.6) is 5.75 Å². The lowest BCUT2D eigenvalue weighted by molar-refractivity contribution is -0.385. The lowest BCUT2D eigenvalue weighted by Gasteiger charge is -2.08. The molecular weight excluding hydrogens is 384 g/mol. The molecule has 0 atom stereocenters. The Morgan fingerprint density at radius 1 is 1.13 bits per heavy atom. The molecule has 0 saturated heterocycles. The Morgan fingerprint density at radius 2 is 1.90 bits per heavy atom. The number of aromatic nitrogens is 2. The van der Waals surface area contributed by atoms with Crippen LogP contribution in [0, 0.1) is 17.0 Å². The van der Waals surface area contributed by atoms with E-state index in [-0.39, 0.29) is 18.0 Å². The number of nitrogens with zero attached hydrogens (tertiary/aromatic N) is 2. The molecule has 0 radical (unpaired) electrons. The number of rotatable bonds is 6. The molecule has 8 heteroatoms. The van der Waals surface area contributed by atoms with Crippen LogP contribution >= 0.6 is 0 Å². The maximum Gasteiger partial charge on any atom is 0.311 e. The maximum absolute atomic E-state index is 12.2. The van der Waals surface area contributed by atoms with E-state index in [9.17, 15) is 14.9 Å². The number of anilines is 1. The van der Waals surface area contributed by atoms with Crippen molar-refractivity contribution in [3.8, 4) is 17.1 Å². The van der Waals surface area contributed by atoms with Crippen LogP contribution in [0.4, 0.5) is 11.4 Å². The number of H-pyrrole nitrogens is 1. The first-order valence-electron chi connectivity index (χ1n) is 9.22. The van der Waals surface area contributed by atoms with Crippen LogP contribution in [0.25, 0.3) is 22.4 Å². The highest BCUT2D eigenvalue weighted by atomic mass is 16.6. The number of amides is 1. The number of benzene rings is 3. The Balaban J connectivity index is 1.40. The summed E-state index contributed by atoms with van der Waals surface area (Å²) in [6.07, 6.45) is 0. The lowest BCUT2D eigenvalue weighted by atomic mass is 10.2. The minimum atomic E-state index is -0.531. The second kappa shape index (κ2) is 8.04. The van der Waals surface area contributed by atoms with Crippen LogP contribution in [0.15, 0.2) is 66.7 Å². The summed E-state index contributed by atoms with van der Waals surface area (Å²) in [5.74, 6) is 0.381. The number of fused-ring (bicyclic) bond motifs is 1. The van der Waals surface area contributed by atoms with Gasteiger partial charge in [-0.2, -0.15) is 0 Å². The van der Waals surface area contributed by atoms with Gasteiger partial charge in [0.25, 0.3) is 5.91 Å². The number of nitrogens with one attached hydrogen (secondary N) is 2. The summed E-state index contributed by atoms with van der Waals surface area (Å²) in [4.78, 5) is 30.6. The number of nitro benzene ring substituents is 1. The lowest BCUT2D eigenvalue weighted by Crippen LogP contribution is -2.20. The second-order valence-electron chi connectivity index (χ2n) is 6.75. The van der Waals surface area contributed by atoms with Crippen molar-refractivity contribution in [3.63, 3.8) is 0 Å². The zero-order valence-corrected chi connectivity index (χ0v) is 16.1. The highest BCUT2D eigenvalue weighted by molar-refractivity contribution is 5.92. The minimum Gasteiger partial charge on any atom is -0.477 e. The number of aromatic amines is 1. The summed E-state index contributed by atoms with van der Waals surface area (Å²) in [5, 5.41) is 13.8. The molecule has 0 spiro atoms. The largest absolute Gasteiger partial charge is 0.477 e. The van der Waals surface area contributed by atoms with Gasteiger partial charge in [0.1, 0.15) is 5.82 Å². The molecule has 1 heterocycles. The van der Waals surface area contributed by atoms with E-state index >= 15 is 0 Å². The molecule has 0 bridgehead atoms. The molecule has 0 saturated carbocycles. The van der Waals surface area contributed by atoms with E-state index in [0.717, 1.165) is 28.0 Å².